The number of carbonyl (C=O) groups is 3. The molecule has 2 aliphatic rings. The van der Waals surface area contributed by atoms with E-state index in [0.717, 1.165) is 38.2 Å². The van der Waals surface area contributed by atoms with E-state index in [1.807, 2.05) is 0 Å². The van der Waals surface area contributed by atoms with Crippen LogP contribution in [0.5, 0.6) is 5.75 Å². The van der Waals surface area contributed by atoms with Crippen molar-refractivity contribution in [1.82, 2.24) is 25.0 Å². The normalized spacial score (nSPS) is 16.9. The predicted octanol–water partition coefficient (Wildman–Crippen LogP) is 1.83. The van der Waals surface area contributed by atoms with Gasteiger partial charge in [0.25, 0.3) is 5.91 Å². The van der Waals surface area contributed by atoms with E-state index in [2.05, 4.69) is 10.6 Å². The number of ether oxygens (including phenoxy) is 4. The van der Waals surface area contributed by atoms with Gasteiger partial charge in [0, 0.05) is 44.7 Å². The van der Waals surface area contributed by atoms with Crippen molar-refractivity contribution in [3.05, 3.63) is 29.5 Å². The fourth-order valence-corrected chi connectivity index (χ4v) is 6.29. The van der Waals surface area contributed by atoms with Gasteiger partial charge in [-0.2, -0.15) is 4.39 Å². The van der Waals surface area contributed by atoms with Gasteiger partial charge < -0.3 is 49.1 Å². The molecule has 274 valence electrons. The third kappa shape index (κ3) is 10.1. The zero-order valence-electron chi connectivity index (χ0n) is 28.8. The van der Waals surface area contributed by atoms with Crippen LogP contribution in [0, 0.1) is 17.6 Å². The van der Waals surface area contributed by atoms with E-state index in [0.29, 0.717) is 38.4 Å². The van der Waals surface area contributed by atoms with Crippen molar-refractivity contribution >= 4 is 28.6 Å². The molecule has 0 bridgehead atoms. The molecule has 4 rings (SSSR count). The topological polar surface area (TPSA) is 144 Å². The lowest BCUT2D eigenvalue weighted by Gasteiger charge is -2.39. The van der Waals surface area contributed by atoms with Crippen LogP contribution >= 0.6 is 0 Å². The third-order valence-corrected chi connectivity index (χ3v) is 9.26. The van der Waals surface area contributed by atoms with Gasteiger partial charge in [0.05, 0.1) is 57.8 Å². The van der Waals surface area contributed by atoms with Crippen LogP contribution in [0.15, 0.2) is 12.1 Å². The first kappa shape index (κ1) is 38.4. The molecule has 3 amide bonds. The second-order valence-corrected chi connectivity index (χ2v) is 12.4. The third-order valence-electron chi connectivity index (χ3n) is 9.26. The van der Waals surface area contributed by atoms with Gasteiger partial charge in [0.2, 0.25) is 17.6 Å². The van der Waals surface area contributed by atoms with Gasteiger partial charge in [0.15, 0.2) is 11.6 Å². The Balaban J connectivity index is 1.35. The molecule has 1 aliphatic heterocycles. The molecule has 1 aliphatic carbocycles. The molecule has 0 radical (unpaired) electrons. The standard InChI is InChI=1S/C34H51F2N5O8/c1-23(37-2)32(43)38-30(24-7-5-4-6-8-24)34(45)41-11-9-40(10-12-41)33(44)28-21-25-27(39(28)3)22-26(35)29(36)31(25)49-20-19-48-18-17-47-16-15-46-14-13-42/h21-24,30,37,42H,4-20H2,1-3H3,(H,38,43)/t23-,30?/m0/s1. The molecular weight excluding hydrogens is 644 g/mol. The molecule has 2 aromatic rings. The minimum absolute atomic E-state index is 0.0513. The summed E-state index contributed by atoms with van der Waals surface area (Å²) < 4.78 is 52.6. The van der Waals surface area contributed by atoms with Crippen LogP contribution in [0.25, 0.3) is 10.9 Å². The van der Waals surface area contributed by atoms with Crippen LogP contribution in [0.2, 0.25) is 0 Å². The lowest BCUT2D eigenvalue weighted by molar-refractivity contribution is -0.140. The Hall–Kier alpha value is -3.37. The quantitative estimate of drug-likeness (QED) is 0.199. The minimum Gasteiger partial charge on any atom is -0.487 e. The monoisotopic (exact) mass is 695 g/mol. The highest BCUT2D eigenvalue weighted by atomic mass is 19.2. The number of carbonyl (C=O) groups excluding carboxylic acids is 3. The number of likely N-dealkylation sites (N-methyl/N-ethyl adjacent to an activating group) is 1. The SMILES string of the molecule is CN[C@@H](C)C(=O)NC(C(=O)N1CCN(C(=O)c2cc3c(OCCOCCOCCOCCO)c(F)c(F)cc3n2C)CC1)C1CCCCC1. The summed E-state index contributed by atoms with van der Waals surface area (Å²) in [4.78, 5) is 43.6. The van der Waals surface area contributed by atoms with Crippen LogP contribution < -0.4 is 15.4 Å². The zero-order chi connectivity index (χ0) is 35.3. The molecule has 1 saturated heterocycles. The lowest BCUT2D eigenvalue weighted by Crippen LogP contribution is -2.59. The van der Waals surface area contributed by atoms with Gasteiger partial charge in [-0.15, -0.1) is 0 Å². The Bertz CT molecular complexity index is 1390. The Morgan fingerprint density at radius 2 is 1.49 bits per heavy atom. The van der Waals surface area contributed by atoms with Crippen LogP contribution in [0.4, 0.5) is 8.78 Å². The highest BCUT2D eigenvalue weighted by Gasteiger charge is 2.36. The van der Waals surface area contributed by atoms with E-state index in [9.17, 15) is 23.2 Å². The maximum Gasteiger partial charge on any atom is 0.270 e. The Morgan fingerprint density at radius 3 is 2.10 bits per heavy atom. The minimum atomic E-state index is -1.15. The Labute approximate surface area is 286 Å². The molecule has 2 atom stereocenters. The van der Waals surface area contributed by atoms with Crippen molar-refractivity contribution in [2.45, 2.75) is 51.1 Å². The molecule has 1 unspecified atom stereocenters. The molecule has 2 heterocycles. The van der Waals surface area contributed by atoms with E-state index in [-0.39, 0.29) is 86.6 Å². The van der Waals surface area contributed by atoms with Gasteiger partial charge >= 0.3 is 0 Å². The summed E-state index contributed by atoms with van der Waals surface area (Å²) in [6, 6.07) is 1.49. The molecule has 1 aromatic carbocycles. The number of aryl methyl sites for hydroxylation is 1. The largest absolute Gasteiger partial charge is 0.487 e. The predicted molar refractivity (Wildman–Crippen MR) is 177 cm³/mol. The zero-order valence-corrected chi connectivity index (χ0v) is 28.8. The number of fused-ring (bicyclic) bond motifs is 1. The van der Waals surface area contributed by atoms with Crippen LogP contribution in [0.3, 0.4) is 0 Å². The van der Waals surface area contributed by atoms with Crippen molar-refractivity contribution in [2.75, 3.05) is 86.1 Å². The second-order valence-electron chi connectivity index (χ2n) is 12.4. The average Bonchev–Trinajstić information content (AvgIpc) is 3.45. The van der Waals surface area contributed by atoms with Crippen molar-refractivity contribution in [1.29, 1.82) is 0 Å². The number of piperazine rings is 1. The maximum atomic E-state index is 14.9. The van der Waals surface area contributed by atoms with Crippen molar-refractivity contribution in [2.24, 2.45) is 13.0 Å². The second kappa shape index (κ2) is 19.1. The smallest absolute Gasteiger partial charge is 0.270 e. The summed E-state index contributed by atoms with van der Waals surface area (Å²) in [5, 5.41) is 14.9. The van der Waals surface area contributed by atoms with Gasteiger partial charge in [-0.05, 0) is 38.8 Å². The Kier molecular flexibility index (Phi) is 15.0. The first-order valence-electron chi connectivity index (χ1n) is 17.2. The molecule has 15 heteroatoms. The van der Waals surface area contributed by atoms with E-state index in [1.54, 1.807) is 30.8 Å². The summed E-state index contributed by atoms with van der Waals surface area (Å²) in [5.41, 5.74) is 0.528. The van der Waals surface area contributed by atoms with Crippen molar-refractivity contribution in [3.8, 4) is 5.75 Å². The van der Waals surface area contributed by atoms with Gasteiger partial charge in [0.1, 0.15) is 18.3 Å². The fourth-order valence-electron chi connectivity index (χ4n) is 6.29. The lowest BCUT2D eigenvalue weighted by atomic mass is 9.83. The van der Waals surface area contributed by atoms with Gasteiger partial charge in [-0.3, -0.25) is 14.4 Å². The Morgan fingerprint density at radius 1 is 0.898 bits per heavy atom. The number of aromatic nitrogens is 1. The molecule has 3 N–H and O–H groups in total. The number of nitrogens with one attached hydrogen (secondary N) is 2. The molecule has 13 nitrogen and oxygen atoms in total. The molecule has 2 fully saturated rings. The van der Waals surface area contributed by atoms with Crippen molar-refractivity contribution in [3.63, 3.8) is 0 Å². The average molecular weight is 696 g/mol. The highest BCUT2D eigenvalue weighted by Crippen LogP contribution is 2.34. The van der Waals surface area contributed by atoms with Crippen LogP contribution in [0.1, 0.15) is 49.5 Å². The van der Waals surface area contributed by atoms with E-state index >= 15 is 0 Å². The fraction of sp³-hybridized carbons (Fsp3) is 0.676. The summed E-state index contributed by atoms with van der Waals surface area (Å²) in [6.45, 7) is 4.42. The number of benzene rings is 1. The number of hydrogen-bond acceptors (Lipinski definition) is 9. The molecular formula is C34H51F2N5O8. The number of amides is 3. The first-order valence-corrected chi connectivity index (χ1v) is 17.2. The first-order chi connectivity index (χ1) is 23.7. The van der Waals surface area contributed by atoms with E-state index < -0.39 is 23.7 Å². The number of hydrogen-bond donors (Lipinski definition) is 3. The molecule has 0 spiro atoms. The molecule has 1 aromatic heterocycles. The number of nitrogens with zero attached hydrogens (tertiary/aromatic N) is 3. The summed E-state index contributed by atoms with van der Waals surface area (Å²) in [5.74, 6) is -3.17. The number of aliphatic hydroxyl groups excluding tert-OH is 1. The van der Waals surface area contributed by atoms with E-state index in [4.69, 9.17) is 24.1 Å². The van der Waals surface area contributed by atoms with Gasteiger partial charge in [-0.25, -0.2) is 4.39 Å². The molecule has 1 saturated carbocycles. The van der Waals surface area contributed by atoms with Crippen molar-refractivity contribution < 1.29 is 47.2 Å². The van der Waals surface area contributed by atoms with Crippen LogP contribution in [-0.4, -0.2) is 135 Å². The summed E-state index contributed by atoms with van der Waals surface area (Å²) in [7, 11) is 3.31. The van der Waals surface area contributed by atoms with E-state index in [1.165, 1.54) is 10.6 Å². The summed E-state index contributed by atoms with van der Waals surface area (Å²) >= 11 is 0. The molecule has 49 heavy (non-hydrogen) atoms. The number of halogens is 2. The number of rotatable bonds is 18. The van der Waals surface area contributed by atoms with Gasteiger partial charge in [-0.1, -0.05) is 19.3 Å². The maximum absolute atomic E-state index is 14.9. The highest BCUT2D eigenvalue weighted by molar-refractivity contribution is 6.00. The number of aliphatic hydroxyl groups is 1. The summed E-state index contributed by atoms with van der Waals surface area (Å²) in [6.07, 6.45) is 4.92. The van der Waals surface area contributed by atoms with Crippen LogP contribution in [-0.2, 0) is 30.8 Å².